The molecule has 1 aromatic heterocycles. The maximum absolute atomic E-state index is 13.4. The van der Waals surface area contributed by atoms with Crippen molar-refractivity contribution in [2.24, 2.45) is 7.05 Å². The van der Waals surface area contributed by atoms with Crippen molar-refractivity contribution in [2.75, 3.05) is 25.9 Å². The molecule has 8 nitrogen and oxygen atoms in total. The Hall–Kier alpha value is -1.46. The van der Waals surface area contributed by atoms with Crippen LogP contribution in [0.2, 0.25) is 0 Å². The van der Waals surface area contributed by atoms with Crippen molar-refractivity contribution in [1.29, 1.82) is 0 Å². The molecule has 1 aliphatic heterocycles. The molecule has 2 heterocycles. The Balaban J connectivity index is 0.00000261. The predicted octanol–water partition coefficient (Wildman–Crippen LogP) is 0.889. The zero-order valence-corrected chi connectivity index (χ0v) is 17.7. The van der Waals surface area contributed by atoms with Crippen LogP contribution in [-0.2, 0) is 26.9 Å². The summed E-state index contributed by atoms with van der Waals surface area (Å²) in [6.45, 7) is 2.90. The van der Waals surface area contributed by atoms with Crippen molar-refractivity contribution in [3.8, 4) is 0 Å². The van der Waals surface area contributed by atoms with Gasteiger partial charge in [-0.25, -0.2) is 21.8 Å². The fourth-order valence-corrected chi connectivity index (χ4v) is 5.67. The van der Waals surface area contributed by atoms with E-state index in [-0.39, 0.29) is 28.7 Å². The zero-order chi connectivity index (χ0) is 19.1. The van der Waals surface area contributed by atoms with Crippen molar-refractivity contribution >= 4 is 32.3 Å². The topological polar surface area (TPSA) is 101 Å². The molecular formula is C16H23ClN4O4S2. The van der Waals surface area contributed by atoms with Crippen LogP contribution in [0.3, 0.4) is 0 Å². The first-order valence-electron chi connectivity index (χ1n) is 8.13. The van der Waals surface area contributed by atoms with Crippen molar-refractivity contribution < 1.29 is 16.8 Å². The molecule has 11 heteroatoms. The summed E-state index contributed by atoms with van der Waals surface area (Å²) < 4.78 is 53.7. The summed E-state index contributed by atoms with van der Waals surface area (Å²) in [7, 11) is -5.58. The monoisotopic (exact) mass is 434 g/mol. The van der Waals surface area contributed by atoms with E-state index in [1.54, 1.807) is 23.9 Å². The van der Waals surface area contributed by atoms with E-state index in [1.807, 2.05) is 7.05 Å². The van der Waals surface area contributed by atoms with Crippen molar-refractivity contribution in [1.82, 2.24) is 19.2 Å². The SMILES string of the molecule is Cc1ccc(S(C)(=O)=O)cc1S(=O)(=O)N1CCNCC1c1nccn1C.Cl. The third kappa shape index (κ3) is 4.19. The van der Waals surface area contributed by atoms with Crippen LogP contribution in [0.1, 0.15) is 17.4 Å². The van der Waals surface area contributed by atoms with Gasteiger partial charge in [0, 0.05) is 45.3 Å². The third-order valence-electron chi connectivity index (χ3n) is 4.53. The smallest absolute Gasteiger partial charge is 0.244 e. The van der Waals surface area contributed by atoms with Gasteiger partial charge in [0.25, 0.3) is 0 Å². The van der Waals surface area contributed by atoms with Gasteiger partial charge in [0.05, 0.1) is 15.8 Å². The third-order valence-corrected chi connectivity index (χ3v) is 7.69. The molecule has 1 aliphatic rings. The van der Waals surface area contributed by atoms with Gasteiger partial charge in [-0.15, -0.1) is 12.4 Å². The average molecular weight is 435 g/mol. The number of aryl methyl sites for hydroxylation is 2. The molecule has 1 N–H and O–H groups in total. The molecule has 150 valence electrons. The Morgan fingerprint density at radius 3 is 2.52 bits per heavy atom. The first kappa shape index (κ1) is 21.8. The Morgan fingerprint density at radius 1 is 1.22 bits per heavy atom. The minimum absolute atomic E-state index is 0. The molecule has 0 amide bonds. The fraction of sp³-hybridized carbons (Fsp3) is 0.438. The number of hydrogen-bond acceptors (Lipinski definition) is 6. The molecule has 0 saturated carbocycles. The van der Waals surface area contributed by atoms with Crippen LogP contribution >= 0.6 is 12.4 Å². The molecule has 1 aromatic carbocycles. The molecular weight excluding hydrogens is 412 g/mol. The molecule has 1 unspecified atom stereocenters. The first-order valence-corrected chi connectivity index (χ1v) is 11.5. The highest BCUT2D eigenvalue weighted by Crippen LogP contribution is 2.30. The van der Waals surface area contributed by atoms with Crippen LogP contribution in [0.15, 0.2) is 40.4 Å². The number of nitrogens with zero attached hydrogens (tertiary/aromatic N) is 3. The van der Waals surface area contributed by atoms with E-state index in [2.05, 4.69) is 10.3 Å². The van der Waals surface area contributed by atoms with Crippen LogP contribution in [0.5, 0.6) is 0 Å². The summed E-state index contributed by atoms with van der Waals surface area (Å²) in [5, 5.41) is 3.20. The van der Waals surface area contributed by atoms with Crippen molar-refractivity contribution in [3.05, 3.63) is 42.0 Å². The highest BCUT2D eigenvalue weighted by Gasteiger charge is 2.37. The number of benzene rings is 1. The van der Waals surface area contributed by atoms with Gasteiger partial charge < -0.3 is 9.88 Å². The van der Waals surface area contributed by atoms with Gasteiger partial charge in [-0.1, -0.05) is 6.07 Å². The van der Waals surface area contributed by atoms with Crippen LogP contribution in [0.25, 0.3) is 0 Å². The van der Waals surface area contributed by atoms with Crippen molar-refractivity contribution in [2.45, 2.75) is 22.8 Å². The number of rotatable bonds is 4. The van der Waals surface area contributed by atoms with Crippen LogP contribution in [0.4, 0.5) is 0 Å². The number of halogens is 1. The van der Waals surface area contributed by atoms with Gasteiger partial charge in [0.15, 0.2) is 9.84 Å². The lowest BCUT2D eigenvalue weighted by molar-refractivity contribution is 0.258. The quantitative estimate of drug-likeness (QED) is 0.766. The van der Waals surface area contributed by atoms with Gasteiger partial charge in [-0.2, -0.15) is 4.31 Å². The van der Waals surface area contributed by atoms with Crippen LogP contribution in [0, 0.1) is 6.92 Å². The van der Waals surface area contributed by atoms with E-state index in [4.69, 9.17) is 0 Å². The molecule has 0 bridgehead atoms. The number of imidazole rings is 1. The summed E-state index contributed by atoms with van der Waals surface area (Å²) in [5.74, 6) is 0.637. The van der Waals surface area contributed by atoms with E-state index in [0.29, 0.717) is 24.5 Å². The Morgan fingerprint density at radius 2 is 1.93 bits per heavy atom. The summed E-state index contributed by atoms with van der Waals surface area (Å²) >= 11 is 0. The lowest BCUT2D eigenvalue weighted by atomic mass is 10.2. The lowest BCUT2D eigenvalue weighted by Crippen LogP contribution is -2.49. The van der Waals surface area contributed by atoms with E-state index in [0.717, 1.165) is 6.26 Å². The van der Waals surface area contributed by atoms with Gasteiger partial charge in [0.1, 0.15) is 5.82 Å². The van der Waals surface area contributed by atoms with Gasteiger partial charge >= 0.3 is 0 Å². The summed E-state index contributed by atoms with van der Waals surface area (Å²) in [5.41, 5.74) is 0.509. The summed E-state index contributed by atoms with van der Waals surface area (Å²) in [6.07, 6.45) is 4.46. The van der Waals surface area contributed by atoms with Crippen molar-refractivity contribution in [3.63, 3.8) is 0 Å². The Bertz CT molecular complexity index is 1030. The maximum atomic E-state index is 13.4. The number of hydrogen-bond donors (Lipinski definition) is 1. The molecule has 0 radical (unpaired) electrons. The highest BCUT2D eigenvalue weighted by atomic mass is 35.5. The highest BCUT2D eigenvalue weighted by molar-refractivity contribution is 7.91. The fourth-order valence-electron chi connectivity index (χ4n) is 3.11. The molecule has 1 fully saturated rings. The molecule has 3 rings (SSSR count). The summed E-state index contributed by atoms with van der Waals surface area (Å²) in [4.78, 5) is 4.30. The van der Waals surface area contributed by atoms with E-state index in [9.17, 15) is 16.8 Å². The number of sulfonamides is 1. The average Bonchev–Trinajstić information content (AvgIpc) is 3.00. The summed E-state index contributed by atoms with van der Waals surface area (Å²) in [6, 6.07) is 3.74. The van der Waals surface area contributed by atoms with Crippen LogP contribution < -0.4 is 5.32 Å². The number of sulfone groups is 1. The first-order chi connectivity index (χ1) is 12.1. The minimum atomic E-state index is -3.89. The Kier molecular flexibility index (Phi) is 6.37. The Labute approximate surface area is 166 Å². The van der Waals surface area contributed by atoms with Crippen LogP contribution in [-0.4, -0.2) is 56.6 Å². The number of piperazine rings is 1. The molecule has 2 aromatic rings. The second-order valence-corrected chi connectivity index (χ2v) is 10.3. The lowest BCUT2D eigenvalue weighted by Gasteiger charge is -2.35. The maximum Gasteiger partial charge on any atom is 0.244 e. The molecule has 1 saturated heterocycles. The zero-order valence-electron chi connectivity index (χ0n) is 15.3. The predicted molar refractivity (Wildman–Crippen MR) is 104 cm³/mol. The van der Waals surface area contributed by atoms with Gasteiger partial charge in [-0.3, -0.25) is 0 Å². The molecule has 1 atom stereocenters. The van der Waals surface area contributed by atoms with Gasteiger partial charge in [-0.05, 0) is 24.6 Å². The normalized spacial score (nSPS) is 18.9. The van der Waals surface area contributed by atoms with Gasteiger partial charge in [0.2, 0.25) is 10.0 Å². The minimum Gasteiger partial charge on any atom is -0.337 e. The van der Waals surface area contributed by atoms with E-state index < -0.39 is 25.9 Å². The van der Waals surface area contributed by atoms with E-state index >= 15 is 0 Å². The number of nitrogens with one attached hydrogen (secondary N) is 1. The molecule has 27 heavy (non-hydrogen) atoms. The second kappa shape index (κ2) is 7.88. The standard InChI is InChI=1S/C16H22N4O4S2.ClH/c1-12-4-5-13(25(3,21)22)10-15(12)26(23,24)20-9-6-17-11-14(20)16-18-7-8-19(16)2;/h4-5,7-8,10,14,17H,6,9,11H2,1-3H3;1H. The largest absolute Gasteiger partial charge is 0.337 e. The van der Waals surface area contributed by atoms with E-state index in [1.165, 1.54) is 22.5 Å². The molecule has 0 aliphatic carbocycles. The number of aromatic nitrogens is 2. The second-order valence-electron chi connectivity index (χ2n) is 6.43. The molecule has 0 spiro atoms.